The van der Waals surface area contributed by atoms with E-state index in [0.29, 0.717) is 44.0 Å². The van der Waals surface area contributed by atoms with Gasteiger partial charge in [-0.2, -0.15) is 0 Å². The molecule has 210 valence electrons. The third-order valence-electron chi connectivity index (χ3n) is 6.06. The fourth-order valence-electron chi connectivity index (χ4n) is 4.17. The lowest BCUT2D eigenvalue weighted by molar-refractivity contribution is -0.113. The average Bonchev–Trinajstić information content (AvgIpc) is 3.30. The number of benzene rings is 3. The minimum Gasteiger partial charge on any atom is -0.494 e. The van der Waals surface area contributed by atoms with Gasteiger partial charge in [-0.15, -0.1) is 0 Å². The van der Waals surface area contributed by atoms with Gasteiger partial charge < -0.3 is 14.8 Å². The third kappa shape index (κ3) is 6.37. The molecule has 1 amide bonds. The highest BCUT2D eigenvalue weighted by Gasteiger charge is 2.20. The molecule has 2 aromatic heterocycles. The summed E-state index contributed by atoms with van der Waals surface area (Å²) in [4.78, 5) is 31.7. The Balaban J connectivity index is 1.52. The topological polar surface area (TPSA) is 87.4 Å². The van der Waals surface area contributed by atoms with Crippen LogP contribution in [0.4, 0.5) is 5.69 Å². The summed E-state index contributed by atoms with van der Waals surface area (Å²) >= 11 is 8.09. The van der Waals surface area contributed by atoms with E-state index in [4.69, 9.17) is 26.7 Å². The van der Waals surface area contributed by atoms with E-state index < -0.39 is 0 Å². The number of nitrogens with one attached hydrogen (secondary N) is 1. The van der Waals surface area contributed by atoms with E-state index in [2.05, 4.69) is 5.32 Å². The van der Waals surface area contributed by atoms with Crippen molar-refractivity contribution in [3.05, 3.63) is 92.7 Å². The molecule has 8 nitrogen and oxygen atoms in total. The van der Waals surface area contributed by atoms with Gasteiger partial charge in [0, 0.05) is 11.4 Å². The van der Waals surface area contributed by atoms with Gasteiger partial charge in [0.2, 0.25) is 5.91 Å². The molecule has 0 bridgehead atoms. The average molecular weight is 605 g/mol. The molecule has 0 unspecified atom stereocenters. The Morgan fingerprint density at radius 3 is 2.07 bits per heavy atom. The quantitative estimate of drug-likeness (QED) is 0.107. The number of aromatic nitrogens is 3. The van der Waals surface area contributed by atoms with Crippen molar-refractivity contribution in [2.75, 3.05) is 24.3 Å². The molecule has 0 saturated heterocycles. The number of thiazole rings is 1. The van der Waals surface area contributed by atoms with Crippen molar-refractivity contribution < 1.29 is 14.3 Å². The van der Waals surface area contributed by atoms with E-state index in [1.165, 1.54) is 23.1 Å². The summed E-state index contributed by atoms with van der Waals surface area (Å²) in [7, 11) is 0. The first kappa shape index (κ1) is 28.6. The molecule has 3 aromatic carbocycles. The predicted octanol–water partition coefficient (Wildman–Crippen LogP) is 6.80. The van der Waals surface area contributed by atoms with Crippen molar-refractivity contribution in [1.29, 1.82) is 0 Å². The second kappa shape index (κ2) is 12.7. The summed E-state index contributed by atoms with van der Waals surface area (Å²) in [5, 5.41) is 3.28. The van der Waals surface area contributed by atoms with Gasteiger partial charge in [-0.05, 0) is 93.7 Å². The Labute approximate surface area is 250 Å². The highest BCUT2D eigenvalue weighted by molar-refractivity contribution is 7.99. The van der Waals surface area contributed by atoms with Crippen LogP contribution < -0.4 is 20.3 Å². The van der Waals surface area contributed by atoms with E-state index in [-0.39, 0.29) is 17.2 Å². The van der Waals surface area contributed by atoms with Crippen LogP contribution in [0.15, 0.2) is 82.7 Å². The van der Waals surface area contributed by atoms with Crippen LogP contribution in [0.1, 0.15) is 19.4 Å². The third-order valence-corrected chi connectivity index (χ3v) is 8.35. The number of rotatable bonds is 10. The molecule has 0 spiro atoms. The largest absolute Gasteiger partial charge is 0.494 e. The van der Waals surface area contributed by atoms with Gasteiger partial charge in [0.25, 0.3) is 5.56 Å². The molecule has 5 aromatic rings. The molecule has 0 saturated carbocycles. The zero-order valence-corrected chi connectivity index (χ0v) is 25.2. The van der Waals surface area contributed by atoms with Gasteiger partial charge >= 0.3 is 0 Å². The first-order valence-electron chi connectivity index (χ1n) is 13.0. The SMILES string of the molecule is CCOc1ccc(NC(=O)CSc2nc3c(sc(=S)n3-c3ccc(OCC)cc3)c(=O)n2-c2ccc(C)cc2)cc1. The number of carbonyl (C=O) groups is 1. The number of fused-ring (bicyclic) bond motifs is 1. The molecule has 1 N–H and O–H groups in total. The molecular weight excluding hydrogens is 577 g/mol. The van der Waals surface area contributed by atoms with Crippen LogP contribution in [0, 0.1) is 10.9 Å². The molecule has 0 radical (unpaired) electrons. The first-order valence-corrected chi connectivity index (χ1v) is 15.2. The van der Waals surface area contributed by atoms with Crippen LogP contribution in [-0.4, -0.2) is 39.0 Å². The smallest absolute Gasteiger partial charge is 0.278 e. The predicted molar refractivity (Wildman–Crippen MR) is 168 cm³/mol. The van der Waals surface area contributed by atoms with Gasteiger partial charge in [0.05, 0.1) is 24.7 Å². The maximum atomic E-state index is 13.9. The maximum Gasteiger partial charge on any atom is 0.278 e. The molecule has 0 aliphatic rings. The van der Waals surface area contributed by atoms with E-state index in [1.807, 2.05) is 69.3 Å². The normalized spacial score (nSPS) is 11.0. The molecule has 0 aliphatic heterocycles. The number of hydrogen-bond donors (Lipinski definition) is 1. The maximum absolute atomic E-state index is 13.9. The van der Waals surface area contributed by atoms with E-state index in [9.17, 15) is 9.59 Å². The number of carbonyl (C=O) groups excluding carboxylic acids is 1. The number of ether oxygens (including phenoxy) is 2. The van der Waals surface area contributed by atoms with Gasteiger partial charge in [-0.3, -0.25) is 18.7 Å². The standard InChI is InChI=1S/C30H28N4O4S3/c1-4-37-23-14-8-20(9-15-23)31-25(35)18-40-29-32-27-26(28(36)34(29)22-10-6-19(3)7-11-22)41-30(39)33(27)21-12-16-24(17-13-21)38-5-2/h6-17H,4-5,18H2,1-3H3,(H,31,35). The lowest BCUT2D eigenvalue weighted by Crippen LogP contribution is -2.22. The van der Waals surface area contributed by atoms with Crippen molar-refractivity contribution in [2.45, 2.75) is 25.9 Å². The molecule has 0 fully saturated rings. The Bertz CT molecular complexity index is 1790. The summed E-state index contributed by atoms with van der Waals surface area (Å²) in [5.41, 5.74) is 3.36. The number of nitrogens with zero attached hydrogens (tertiary/aromatic N) is 3. The summed E-state index contributed by atoms with van der Waals surface area (Å²) in [5.74, 6) is 1.30. The molecule has 5 rings (SSSR count). The lowest BCUT2D eigenvalue weighted by atomic mass is 10.2. The highest BCUT2D eigenvalue weighted by atomic mass is 32.2. The molecule has 0 atom stereocenters. The number of amides is 1. The second-order valence-electron chi connectivity index (χ2n) is 8.95. The molecule has 0 aliphatic carbocycles. The number of aryl methyl sites for hydroxylation is 1. The van der Waals surface area contributed by atoms with Crippen molar-refractivity contribution in [3.8, 4) is 22.9 Å². The molecule has 41 heavy (non-hydrogen) atoms. The Kier molecular flexibility index (Phi) is 8.87. The van der Waals surface area contributed by atoms with Gasteiger partial charge in [0.15, 0.2) is 14.8 Å². The zero-order valence-electron chi connectivity index (χ0n) is 22.7. The highest BCUT2D eigenvalue weighted by Crippen LogP contribution is 2.28. The number of thioether (sulfide) groups is 1. The molecule has 11 heteroatoms. The molecule has 2 heterocycles. The Morgan fingerprint density at radius 2 is 1.46 bits per heavy atom. The zero-order chi connectivity index (χ0) is 28.9. The lowest BCUT2D eigenvalue weighted by Gasteiger charge is -2.13. The van der Waals surface area contributed by atoms with E-state index in [1.54, 1.807) is 33.4 Å². The van der Waals surface area contributed by atoms with Crippen LogP contribution in [0.25, 0.3) is 21.7 Å². The van der Waals surface area contributed by atoms with Crippen molar-refractivity contribution in [2.24, 2.45) is 0 Å². The van der Waals surface area contributed by atoms with Crippen LogP contribution in [0.5, 0.6) is 11.5 Å². The van der Waals surface area contributed by atoms with Gasteiger partial charge in [-0.1, -0.05) is 40.8 Å². The van der Waals surface area contributed by atoms with Crippen LogP contribution in [0.2, 0.25) is 0 Å². The van der Waals surface area contributed by atoms with Gasteiger partial charge in [-0.25, -0.2) is 4.98 Å². The van der Waals surface area contributed by atoms with Crippen LogP contribution in [-0.2, 0) is 4.79 Å². The van der Waals surface area contributed by atoms with E-state index >= 15 is 0 Å². The summed E-state index contributed by atoms with van der Waals surface area (Å²) in [6.45, 7) is 6.96. The van der Waals surface area contributed by atoms with Crippen molar-refractivity contribution in [1.82, 2.24) is 14.1 Å². The summed E-state index contributed by atoms with van der Waals surface area (Å²) in [6.07, 6.45) is 0. The number of hydrogen-bond acceptors (Lipinski definition) is 8. The van der Waals surface area contributed by atoms with Crippen LogP contribution in [0.3, 0.4) is 0 Å². The van der Waals surface area contributed by atoms with E-state index in [0.717, 1.165) is 22.7 Å². The summed E-state index contributed by atoms with van der Waals surface area (Å²) < 4.78 is 15.3. The van der Waals surface area contributed by atoms with Gasteiger partial charge in [0.1, 0.15) is 16.2 Å². The fourth-order valence-corrected chi connectivity index (χ4v) is 6.28. The first-order chi connectivity index (χ1) is 19.9. The second-order valence-corrected chi connectivity index (χ2v) is 11.5. The number of anilines is 1. The van der Waals surface area contributed by atoms with Crippen LogP contribution >= 0.6 is 35.3 Å². The Hall–Kier alpha value is -3.93. The van der Waals surface area contributed by atoms with Crippen molar-refractivity contribution >= 4 is 57.3 Å². The summed E-state index contributed by atoms with van der Waals surface area (Å²) in [6, 6.07) is 22.3. The monoisotopic (exact) mass is 604 g/mol. The Morgan fingerprint density at radius 1 is 0.902 bits per heavy atom. The molecular formula is C30H28N4O4S3. The van der Waals surface area contributed by atoms with Crippen molar-refractivity contribution in [3.63, 3.8) is 0 Å². The fraction of sp³-hybridized carbons (Fsp3) is 0.200. The minimum absolute atomic E-state index is 0.0466. The minimum atomic E-state index is -0.242.